The Morgan fingerprint density at radius 2 is 2.16 bits per heavy atom. The molecule has 3 rings (SSSR count). The van der Waals surface area contributed by atoms with Crippen LogP contribution in [0, 0.1) is 0 Å². The Labute approximate surface area is 111 Å². The van der Waals surface area contributed by atoms with Gasteiger partial charge >= 0.3 is 0 Å². The summed E-state index contributed by atoms with van der Waals surface area (Å²) < 4.78 is 1.99. The lowest BCUT2D eigenvalue weighted by Gasteiger charge is -2.08. The Morgan fingerprint density at radius 3 is 3.05 bits per heavy atom. The minimum absolute atomic E-state index is 0.726. The highest BCUT2D eigenvalue weighted by molar-refractivity contribution is 5.82. The van der Waals surface area contributed by atoms with E-state index in [1.165, 1.54) is 0 Å². The van der Waals surface area contributed by atoms with Crippen LogP contribution >= 0.6 is 0 Å². The maximum absolute atomic E-state index is 4.42. The highest BCUT2D eigenvalue weighted by Crippen LogP contribution is 2.19. The van der Waals surface area contributed by atoms with Gasteiger partial charge in [0, 0.05) is 24.3 Å². The fraction of sp³-hybridized carbons (Fsp3) is 0.0667. The molecule has 0 saturated heterocycles. The van der Waals surface area contributed by atoms with Gasteiger partial charge in [-0.25, -0.2) is 4.98 Å². The molecule has 0 unspecified atom stereocenters. The third kappa shape index (κ3) is 2.33. The van der Waals surface area contributed by atoms with Gasteiger partial charge in [-0.05, 0) is 12.1 Å². The van der Waals surface area contributed by atoms with Gasteiger partial charge in [0.2, 0.25) is 5.95 Å². The summed E-state index contributed by atoms with van der Waals surface area (Å²) in [5, 5.41) is 4.38. The summed E-state index contributed by atoms with van der Waals surface area (Å²) in [4.78, 5) is 8.70. The van der Waals surface area contributed by atoms with Crippen LogP contribution in [-0.2, 0) is 6.54 Å². The minimum Gasteiger partial charge on any atom is -0.324 e. The first-order valence-corrected chi connectivity index (χ1v) is 6.10. The second-order valence-corrected chi connectivity index (χ2v) is 4.23. The molecule has 19 heavy (non-hydrogen) atoms. The van der Waals surface area contributed by atoms with Crippen molar-refractivity contribution in [2.75, 3.05) is 5.32 Å². The number of allylic oxidation sites excluding steroid dienone is 1. The largest absolute Gasteiger partial charge is 0.324 e. The summed E-state index contributed by atoms with van der Waals surface area (Å²) in [7, 11) is 0. The Balaban J connectivity index is 1.92. The quantitative estimate of drug-likeness (QED) is 0.722. The van der Waals surface area contributed by atoms with Gasteiger partial charge in [-0.3, -0.25) is 4.98 Å². The predicted molar refractivity (Wildman–Crippen MR) is 77.4 cm³/mol. The van der Waals surface area contributed by atoms with E-state index >= 15 is 0 Å². The first kappa shape index (κ1) is 11.5. The number of anilines is 2. The fourth-order valence-electron chi connectivity index (χ4n) is 1.99. The summed E-state index contributed by atoms with van der Waals surface area (Å²) in [5.74, 6) is 0.789. The molecule has 2 heterocycles. The first-order valence-electron chi connectivity index (χ1n) is 6.10. The third-order valence-corrected chi connectivity index (χ3v) is 2.89. The fourth-order valence-corrected chi connectivity index (χ4v) is 1.99. The van der Waals surface area contributed by atoms with Gasteiger partial charge in [-0.1, -0.05) is 24.3 Å². The van der Waals surface area contributed by atoms with Gasteiger partial charge in [0.25, 0.3) is 0 Å². The molecular weight excluding hydrogens is 236 g/mol. The summed E-state index contributed by atoms with van der Waals surface area (Å²) in [6.07, 6.45) is 7.33. The smallest absolute Gasteiger partial charge is 0.207 e. The molecule has 0 radical (unpaired) electrons. The van der Waals surface area contributed by atoms with E-state index in [2.05, 4.69) is 27.9 Å². The summed E-state index contributed by atoms with van der Waals surface area (Å²) >= 11 is 0. The van der Waals surface area contributed by atoms with Crippen molar-refractivity contribution in [2.45, 2.75) is 6.54 Å². The van der Waals surface area contributed by atoms with Crippen LogP contribution in [-0.4, -0.2) is 14.5 Å². The van der Waals surface area contributed by atoms with Crippen molar-refractivity contribution in [1.82, 2.24) is 14.5 Å². The Hall–Kier alpha value is -2.62. The van der Waals surface area contributed by atoms with Crippen molar-refractivity contribution < 1.29 is 0 Å². The molecular formula is C15H14N4. The molecule has 0 saturated carbocycles. The van der Waals surface area contributed by atoms with Gasteiger partial charge in [0.1, 0.15) is 0 Å². The minimum atomic E-state index is 0.726. The molecule has 0 aliphatic rings. The molecule has 1 N–H and O–H groups in total. The van der Waals surface area contributed by atoms with E-state index in [0.29, 0.717) is 0 Å². The molecule has 3 aromatic rings. The third-order valence-electron chi connectivity index (χ3n) is 2.89. The molecule has 0 aliphatic heterocycles. The number of para-hydroxylation sites is 1. The molecule has 0 fully saturated rings. The lowest BCUT2D eigenvalue weighted by molar-refractivity contribution is 0.833. The zero-order chi connectivity index (χ0) is 13.1. The van der Waals surface area contributed by atoms with E-state index < -0.39 is 0 Å². The molecule has 0 spiro atoms. The van der Waals surface area contributed by atoms with Crippen molar-refractivity contribution in [1.29, 1.82) is 0 Å². The summed E-state index contributed by atoms with van der Waals surface area (Å²) in [6, 6.07) is 10.1. The Kier molecular flexibility index (Phi) is 2.98. The van der Waals surface area contributed by atoms with E-state index in [9.17, 15) is 0 Å². The molecule has 0 aliphatic carbocycles. The van der Waals surface area contributed by atoms with Crippen LogP contribution in [0.4, 0.5) is 11.6 Å². The van der Waals surface area contributed by atoms with Crippen molar-refractivity contribution in [3.63, 3.8) is 0 Å². The van der Waals surface area contributed by atoms with E-state index in [1.807, 2.05) is 47.3 Å². The number of pyridine rings is 1. The van der Waals surface area contributed by atoms with Gasteiger partial charge in [0.05, 0.1) is 17.4 Å². The first-order chi connectivity index (χ1) is 9.36. The predicted octanol–water partition coefficient (Wildman–Crippen LogP) is 3.36. The normalized spacial score (nSPS) is 10.5. The van der Waals surface area contributed by atoms with Crippen molar-refractivity contribution >= 4 is 22.5 Å². The number of fused-ring (bicyclic) bond motifs is 1. The summed E-state index contributed by atoms with van der Waals surface area (Å²) in [6.45, 7) is 4.46. The molecule has 4 heteroatoms. The summed E-state index contributed by atoms with van der Waals surface area (Å²) in [5.41, 5.74) is 1.91. The lowest BCUT2D eigenvalue weighted by atomic mass is 10.2. The average molecular weight is 250 g/mol. The molecule has 1 aromatic carbocycles. The number of imidazole rings is 1. The molecule has 0 amide bonds. The van der Waals surface area contributed by atoms with Gasteiger partial charge in [-0.15, -0.1) is 6.58 Å². The number of rotatable bonds is 4. The topological polar surface area (TPSA) is 42.7 Å². The second-order valence-electron chi connectivity index (χ2n) is 4.23. The number of nitrogens with one attached hydrogen (secondary N) is 1. The van der Waals surface area contributed by atoms with E-state index in [0.717, 1.165) is 29.1 Å². The van der Waals surface area contributed by atoms with Crippen LogP contribution in [0.1, 0.15) is 0 Å². The number of benzene rings is 1. The van der Waals surface area contributed by atoms with Gasteiger partial charge in [-0.2, -0.15) is 0 Å². The molecule has 2 aromatic heterocycles. The zero-order valence-corrected chi connectivity index (χ0v) is 10.5. The van der Waals surface area contributed by atoms with Crippen molar-refractivity contribution in [3.8, 4) is 0 Å². The number of aromatic nitrogens is 3. The van der Waals surface area contributed by atoms with Crippen LogP contribution in [0.5, 0.6) is 0 Å². The molecule has 0 atom stereocenters. The standard InChI is InChI=1S/C15H14N4/c1-2-8-19-9-7-16-15(19)18-13-10-12-5-3-4-6-14(12)17-11-13/h2-7,9-11H,1,8H2,(H,16,18). The zero-order valence-electron chi connectivity index (χ0n) is 10.5. The van der Waals surface area contributed by atoms with Gasteiger partial charge in [0.15, 0.2) is 0 Å². The van der Waals surface area contributed by atoms with E-state index in [-0.39, 0.29) is 0 Å². The van der Waals surface area contributed by atoms with Crippen LogP contribution < -0.4 is 5.32 Å². The van der Waals surface area contributed by atoms with Gasteiger partial charge < -0.3 is 9.88 Å². The Bertz CT molecular complexity index is 715. The average Bonchev–Trinajstić information content (AvgIpc) is 2.86. The van der Waals surface area contributed by atoms with Crippen molar-refractivity contribution in [2.24, 2.45) is 0 Å². The van der Waals surface area contributed by atoms with E-state index in [1.54, 1.807) is 6.20 Å². The number of hydrogen-bond donors (Lipinski definition) is 1. The lowest BCUT2D eigenvalue weighted by Crippen LogP contribution is -2.02. The SMILES string of the molecule is C=CCn1ccnc1Nc1cnc2ccccc2c1. The maximum atomic E-state index is 4.42. The number of nitrogens with zero attached hydrogens (tertiary/aromatic N) is 3. The maximum Gasteiger partial charge on any atom is 0.207 e. The van der Waals surface area contributed by atoms with E-state index in [4.69, 9.17) is 0 Å². The molecule has 0 bridgehead atoms. The van der Waals surface area contributed by atoms with Crippen molar-refractivity contribution in [3.05, 3.63) is 61.6 Å². The highest BCUT2D eigenvalue weighted by atomic mass is 15.2. The number of hydrogen-bond acceptors (Lipinski definition) is 3. The Morgan fingerprint density at radius 1 is 1.26 bits per heavy atom. The van der Waals surface area contributed by atoms with Crippen LogP contribution in [0.15, 0.2) is 61.6 Å². The van der Waals surface area contributed by atoms with Crippen LogP contribution in [0.2, 0.25) is 0 Å². The molecule has 94 valence electrons. The van der Waals surface area contributed by atoms with Crippen LogP contribution in [0.25, 0.3) is 10.9 Å². The monoisotopic (exact) mass is 250 g/mol. The molecule has 4 nitrogen and oxygen atoms in total. The highest BCUT2D eigenvalue weighted by Gasteiger charge is 2.03. The second kappa shape index (κ2) is 4.94. The van der Waals surface area contributed by atoms with Crippen LogP contribution in [0.3, 0.4) is 0 Å².